The van der Waals surface area contributed by atoms with Crippen LogP contribution in [0.5, 0.6) is 0 Å². The molecule has 0 bridgehead atoms. The molecule has 52 heavy (non-hydrogen) atoms. The molecule has 2 unspecified atom stereocenters. The van der Waals surface area contributed by atoms with Gasteiger partial charge in [-0.2, -0.15) is 0 Å². The summed E-state index contributed by atoms with van der Waals surface area (Å²) in [6, 6.07) is 24.0. The average Bonchev–Trinajstić information content (AvgIpc) is 3.60. The molecule has 4 heteroatoms. The first-order valence-corrected chi connectivity index (χ1v) is 36.1. The van der Waals surface area contributed by atoms with Crippen molar-refractivity contribution in [2.75, 3.05) is 0 Å². The Labute approximate surface area is 324 Å². The van der Waals surface area contributed by atoms with E-state index in [9.17, 15) is 0 Å². The van der Waals surface area contributed by atoms with Gasteiger partial charge in [-0.15, -0.1) is 0 Å². The number of aryl methyl sites for hydroxylation is 2. The van der Waals surface area contributed by atoms with Crippen molar-refractivity contribution in [3.63, 3.8) is 0 Å². The van der Waals surface area contributed by atoms with E-state index in [1.165, 1.54) is 89.0 Å². The Hall–Kier alpha value is -1.96. The van der Waals surface area contributed by atoms with Gasteiger partial charge < -0.3 is 0 Å². The van der Waals surface area contributed by atoms with E-state index in [2.05, 4.69) is 169 Å². The van der Waals surface area contributed by atoms with Gasteiger partial charge in [0.2, 0.25) is 0 Å². The first-order chi connectivity index (χ1) is 24.3. The summed E-state index contributed by atoms with van der Waals surface area (Å²) >= 11 is -4.84. The van der Waals surface area contributed by atoms with Crippen LogP contribution in [0.15, 0.2) is 71.8 Å². The zero-order valence-corrected chi connectivity index (χ0v) is 39.4. The van der Waals surface area contributed by atoms with E-state index < -0.39 is 21.5 Å². The first kappa shape index (κ1) is 39.7. The van der Waals surface area contributed by atoms with Crippen LogP contribution in [0.2, 0.25) is 13.1 Å². The number of allylic oxidation sites excluding steroid dienone is 2. The summed E-state index contributed by atoms with van der Waals surface area (Å²) in [4.78, 5) is 0. The van der Waals surface area contributed by atoms with Crippen LogP contribution in [0.3, 0.4) is 0 Å². The van der Waals surface area contributed by atoms with Crippen molar-refractivity contribution in [2.24, 2.45) is 0 Å². The average molecular weight is 828 g/mol. The molecule has 2 aliphatic carbocycles. The van der Waals surface area contributed by atoms with Crippen molar-refractivity contribution in [3.8, 4) is 22.3 Å². The van der Waals surface area contributed by atoms with Gasteiger partial charge in [-0.3, -0.25) is 0 Å². The summed E-state index contributed by atoms with van der Waals surface area (Å²) in [6.07, 6.45) is 4.93. The molecule has 0 aromatic heterocycles. The fourth-order valence-corrected chi connectivity index (χ4v) is 42.4. The minimum absolute atomic E-state index is 0.0736. The van der Waals surface area contributed by atoms with Crippen LogP contribution in [-0.2, 0) is 15.6 Å². The molecule has 275 valence electrons. The van der Waals surface area contributed by atoms with Gasteiger partial charge in [0.15, 0.2) is 0 Å². The summed E-state index contributed by atoms with van der Waals surface area (Å²) < 4.78 is 0.147. The van der Waals surface area contributed by atoms with Crippen LogP contribution in [0.1, 0.15) is 156 Å². The van der Waals surface area contributed by atoms with Crippen LogP contribution in [0, 0.1) is 13.8 Å². The zero-order chi connectivity index (χ0) is 38.2. The second-order valence-electron chi connectivity index (χ2n) is 17.9. The predicted octanol–water partition coefficient (Wildman–Crippen LogP) is 15.7. The van der Waals surface area contributed by atoms with E-state index in [0.717, 1.165) is 0 Å². The number of hydrogen-bond acceptors (Lipinski definition) is 0. The molecule has 2 atom stereocenters. The van der Waals surface area contributed by atoms with Crippen LogP contribution >= 0.6 is 17.0 Å². The standard InChI is InChI=1S/2C23H27.C2H7Si.2ClH.Zr/c2*1-14(2)19-11-20(15(3)4)13-21(12-19)23-17(6)7-8-18-9-16(5)10-22(18)23;1-3-2;;;/h2*7-15H,1-6H3;3H,1-2H3;2*1H;/q;;;;;+2/p-2. The fraction of sp³-hybridized carbons (Fsp3) is 0.417. The van der Waals surface area contributed by atoms with Gasteiger partial charge in [-0.05, 0) is 0 Å². The normalized spacial score (nSPS) is 18.0. The molecule has 4 aromatic rings. The molecular formula is C48H61Cl2SiZr. The van der Waals surface area contributed by atoms with E-state index >= 15 is 0 Å². The number of hydrogen-bond donors (Lipinski definition) is 0. The van der Waals surface area contributed by atoms with E-state index in [0.29, 0.717) is 23.7 Å². The van der Waals surface area contributed by atoms with Crippen LogP contribution in [0.25, 0.3) is 34.4 Å². The van der Waals surface area contributed by atoms with E-state index in [4.69, 9.17) is 17.0 Å². The van der Waals surface area contributed by atoms with Gasteiger partial charge in [0.25, 0.3) is 0 Å². The van der Waals surface area contributed by atoms with Gasteiger partial charge in [0, 0.05) is 0 Å². The van der Waals surface area contributed by atoms with Crippen molar-refractivity contribution in [1.29, 1.82) is 0 Å². The predicted molar refractivity (Wildman–Crippen MR) is 233 cm³/mol. The van der Waals surface area contributed by atoms with Crippen LogP contribution < -0.4 is 0 Å². The van der Waals surface area contributed by atoms with Crippen molar-refractivity contribution in [1.82, 2.24) is 0 Å². The molecule has 0 heterocycles. The summed E-state index contributed by atoms with van der Waals surface area (Å²) in [5.41, 5.74) is 21.7. The Morgan fingerprint density at radius 3 is 1.08 bits per heavy atom. The maximum atomic E-state index is 8.69. The van der Waals surface area contributed by atoms with Crippen molar-refractivity contribution < 1.29 is 15.6 Å². The van der Waals surface area contributed by atoms with Crippen molar-refractivity contribution >= 4 is 35.1 Å². The Morgan fingerprint density at radius 1 is 0.500 bits per heavy atom. The third-order valence-electron chi connectivity index (χ3n) is 12.7. The third kappa shape index (κ3) is 6.48. The van der Waals surface area contributed by atoms with Gasteiger partial charge in [-0.1, -0.05) is 0 Å². The topological polar surface area (TPSA) is 0 Å². The zero-order valence-electron chi connectivity index (χ0n) is 34.2. The monoisotopic (exact) mass is 825 g/mol. The van der Waals surface area contributed by atoms with E-state index in [-0.39, 0.29) is 7.25 Å². The molecule has 0 amide bonds. The maximum absolute atomic E-state index is 8.69. The minimum atomic E-state index is -4.84. The molecule has 2 aliphatic rings. The third-order valence-corrected chi connectivity index (χ3v) is 64.9. The van der Waals surface area contributed by atoms with E-state index in [1.807, 2.05) is 0 Å². The quantitative estimate of drug-likeness (QED) is 0.147. The molecule has 0 spiro atoms. The molecule has 0 N–H and O–H groups in total. The van der Waals surface area contributed by atoms with Crippen molar-refractivity contribution in [3.05, 3.63) is 127 Å². The summed E-state index contributed by atoms with van der Waals surface area (Å²) in [5, 5.41) is 0. The Kier molecular flexibility index (Phi) is 10.9. The number of rotatable bonds is 9. The molecule has 0 saturated heterocycles. The number of benzene rings is 4. The van der Waals surface area contributed by atoms with Gasteiger partial charge >= 0.3 is 327 Å². The fourth-order valence-electron chi connectivity index (χ4n) is 9.46. The number of halogens is 2. The summed E-state index contributed by atoms with van der Waals surface area (Å²) in [5.74, 6) is 0.185. The van der Waals surface area contributed by atoms with Gasteiger partial charge in [0.05, 0.1) is 0 Å². The molecule has 6 rings (SSSR count). The molecule has 0 aliphatic heterocycles. The van der Waals surface area contributed by atoms with E-state index in [1.54, 1.807) is 0 Å². The SMILES string of the molecule is CC1=Cc2c(ccc(C)c2-c2cc(C(C)C)cc(C(C)C)c2)[CH]1[Zr]([Cl])([Cl])([CH]1C(C)=Cc2c1ccc(C)c2-c1cc(C(C)C)cc(C(C)C)c1)[SiH](C)C. The Balaban J connectivity index is 1.57. The molecule has 0 radical (unpaired) electrons. The summed E-state index contributed by atoms with van der Waals surface area (Å²) in [7, 11) is 17.4. The summed E-state index contributed by atoms with van der Waals surface area (Å²) in [6.45, 7) is 32.5. The molecule has 0 fully saturated rings. The number of fused-ring (bicyclic) bond motifs is 2. The van der Waals surface area contributed by atoms with Crippen LogP contribution in [-0.4, -0.2) is 5.92 Å². The van der Waals surface area contributed by atoms with Gasteiger partial charge in [-0.25, -0.2) is 0 Å². The Bertz CT molecular complexity index is 1930. The second kappa shape index (κ2) is 14.3. The first-order valence-electron chi connectivity index (χ1n) is 19.8. The molecule has 0 nitrogen and oxygen atoms in total. The van der Waals surface area contributed by atoms with Gasteiger partial charge in [0.1, 0.15) is 0 Å². The molecular weight excluding hydrogens is 767 g/mol. The second-order valence-corrected chi connectivity index (χ2v) is 60.4. The molecule has 4 aromatic carbocycles. The van der Waals surface area contributed by atoms with Crippen molar-refractivity contribution in [2.45, 2.75) is 127 Å². The van der Waals surface area contributed by atoms with Crippen LogP contribution in [0.4, 0.5) is 0 Å². The Morgan fingerprint density at radius 2 is 0.808 bits per heavy atom. The molecule has 0 saturated carbocycles.